The molecule has 0 spiro atoms. The molecule has 1 N–H and O–H groups in total. The highest BCUT2D eigenvalue weighted by molar-refractivity contribution is 5.79. The zero-order chi connectivity index (χ0) is 15.1. The Balaban J connectivity index is 2.35. The third kappa shape index (κ3) is 5.30. The minimum Gasteiger partial charge on any atom is -0.550 e. The highest BCUT2D eigenvalue weighted by atomic mass is 16.5. The molecule has 1 aromatic rings. The van der Waals surface area contributed by atoms with E-state index in [1.54, 1.807) is 0 Å². The zero-order valence-electron chi connectivity index (χ0n) is 12.1. The van der Waals surface area contributed by atoms with Gasteiger partial charge in [0.05, 0.1) is 6.54 Å². The number of carbonyl (C=O) groups is 2. The maximum Gasteiger partial charge on any atom is 0.220 e. The third-order valence-electron chi connectivity index (χ3n) is 3.00. The summed E-state index contributed by atoms with van der Waals surface area (Å²) in [6, 6.07) is 4.05. The molecular weight excluding hydrogens is 258 g/mol. The fourth-order valence-electron chi connectivity index (χ4n) is 1.81. The fourth-order valence-corrected chi connectivity index (χ4v) is 1.81. The Morgan fingerprint density at radius 2 is 1.90 bits per heavy atom. The summed E-state index contributed by atoms with van der Waals surface area (Å²) in [5.41, 5.74) is 3.37. The lowest BCUT2D eigenvalue weighted by molar-refractivity contribution is -0.305. The van der Waals surface area contributed by atoms with Crippen molar-refractivity contribution in [3.8, 4) is 5.75 Å². The van der Waals surface area contributed by atoms with Gasteiger partial charge >= 0.3 is 0 Å². The minimum atomic E-state index is -1.22. The number of amides is 1. The summed E-state index contributed by atoms with van der Waals surface area (Å²) in [5.74, 6) is -0.719. The second-order valence-corrected chi connectivity index (χ2v) is 4.78. The minimum absolute atomic E-state index is 0.0646. The maximum atomic E-state index is 11.3. The number of rotatable bonds is 7. The normalized spacial score (nSPS) is 10.2. The molecule has 0 aromatic heterocycles. The quantitative estimate of drug-likeness (QED) is 0.742. The topological polar surface area (TPSA) is 78.5 Å². The molecule has 1 aromatic carbocycles. The van der Waals surface area contributed by atoms with Crippen LogP contribution in [0.3, 0.4) is 0 Å². The van der Waals surface area contributed by atoms with Crippen molar-refractivity contribution in [3.05, 3.63) is 28.8 Å². The number of carbonyl (C=O) groups excluding carboxylic acids is 2. The monoisotopic (exact) mass is 278 g/mol. The Labute approximate surface area is 118 Å². The Morgan fingerprint density at radius 3 is 2.55 bits per heavy atom. The summed E-state index contributed by atoms with van der Waals surface area (Å²) in [6.07, 6.45) is -0.326. The molecule has 0 aliphatic heterocycles. The van der Waals surface area contributed by atoms with Crippen LogP contribution >= 0.6 is 0 Å². The van der Waals surface area contributed by atoms with E-state index in [4.69, 9.17) is 4.74 Å². The van der Waals surface area contributed by atoms with Gasteiger partial charge in [0.25, 0.3) is 0 Å². The number of nitrogens with one attached hydrogen (secondary N) is 1. The largest absolute Gasteiger partial charge is 0.550 e. The number of carboxylic acids is 1. The molecule has 0 aliphatic carbocycles. The van der Waals surface area contributed by atoms with Crippen molar-refractivity contribution in [2.24, 2.45) is 0 Å². The molecule has 0 unspecified atom stereocenters. The van der Waals surface area contributed by atoms with E-state index in [1.807, 2.05) is 26.8 Å². The van der Waals surface area contributed by atoms with Crippen molar-refractivity contribution >= 4 is 11.9 Å². The Bertz CT molecular complexity index is 497. The first-order valence-corrected chi connectivity index (χ1v) is 6.57. The van der Waals surface area contributed by atoms with Gasteiger partial charge < -0.3 is 20.0 Å². The van der Waals surface area contributed by atoms with E-state index in [1.165, 1.54) is 0 Å². The highest BCUT2D eigenvalue weighted by Crippen LogP contribution is 2.22. The average Bonchev–Trinajstić information content (AvgIpc) is 2.37. The van der Waals surface area contributed by atoms with Crippen LogP contribution in [0, 0.1) is 20.8 Å². The molecule has 0 saturated heterocycles. The van der Waals surface area contributed by atoms with Gasteiger partial charge in [-0.1, -0.05) is 6.07 Å². The van der Waals surface area contributed by atoms with Crippen LogP contribution in [0.15, 0.2) is 12.1 Å². The summed E-state index contributed by atoms with van der Waals surface area (Å²) >= 11 is 0. The number of benzene rings is 1. The van der Waals surface area contributed by atoms with Crippen LogP contribution in [0.25, 0.3) is 0 Å². The van der Waals surface area contributed by atoms with Crippen LogP contribution in [0.1, 0.15) is 29.5 Å². The zero-order valence-corrected chi connectivity index (χ0v) is 12.1. The molecule has 1 rings (SSSR count). The molecule has 0 radical (unpaired) electrons. The van der Waals surface area contributed by atoms with Crippen molar-refractivity contribution in [3.63, 3.8) is 0 Å². The number of aryl methyl sites for hydroxylation is 2. The molecule has 5 nitrogen and oxygen atoms in total. The Morgan fingerprint density at radius 1 is 1.20 bits per heavy atom. The summed E-state index contributed by atoms with van der Waals surface area (Å²) in [7, 11) is 0. The number of ether oxygens (including phenoxy) is 1. The molecule has 0 atom stereocenters. The van der Waals surface area contributed by atoms with Crippen LogP contribution < -0.4 is 15.2 Å². The number of hydrogen-bond donors (Lipinski definition) is 1. The average molecular weight is 278 g/mol. The van der Waals surface area contributed by atoms with Gasteiger partial charge in [0.15, 0.2) is 0 Å². The van der Waals surface area contributed by atoms with Gasteiger partial charge in [-0.05, 0) is 49.9 Å². The molecule has 1 amide bonds. The van der Waals surface area contributed by atoms with E-state index >= 15 is 0 Å². The molecule has 0 saturated carbocycles. The van der Waals surface area contributed by atoms with E-state index in [0.717, 1.165) is 22.4 Å². The van der Waals surface area contributed by atoms with Gasteiger partial charge in [-0.25, -0.2) is 0 Å². The van der Waals surface area contributed by atoms with E-state index in [0.29, 0.717) is 13.2 Å². The number of carboxylic acid groups (broad SMARTS) is 1. The van der Waals surface area contributed by atoms with Gasteiger partial charge in [0.1, 0.15) is 12.4 Å². The van der Waals surface area contributed by atoms with Gasteiger partial charge in [-0.3, -0.25) is 4.79 Å². The summed E-state index contributed by atoms with van der Waals surface area (Å²) in [5, 5.41) is 12.8. The maximum absolute atomic E-state index is 11.3. The lowest BCUT2D eigenvalue weighted by atomic mass is 10.1. The second-order valence-electron chi connectivity index (χ2n) is 4.78. The van der Waals surface area contributed by atoms with Crippen molar-refractivity contribution in [2.45, 2.75) is 33.6 Å². The van der Waals surface area contributed by atoms with Crippen molar-refractivity contribution < 1.29 is 19.4 Å². The Hall–Kier alpha value is -2.04. The number of aliphatic carboxylic acids is 1. The van der Waals surface area contributed by atoms with E-state index in [2.05, 4.69) is 11.4 Å². The SMILES string of the molecule is Cc1cc(C)c(C)c(OCCNC(=O)CCC(=O)[O-])c1. The predicted molar refractivity (Wildman–Crippen MR) is 73.4 cm³/mol. The summed E-state index contributed by atoms with van der Waals surface area (Å²) < 4.78 is 5.63. The van der Waals surface area contributed by atoms with E-state index < -0.39 is 5.97 Å². The van der Waals surface area contributed by atoms with Crippen LogP contribution in [-0.2, 0) is 9.59 Å². The van der Waals surface area contributed by atoms with Gasteiger partial charge in [0, 0.05) is 12.4 Å². The van der Waals surface area contributed by atoms with Crippen molar-refractivity contribution in [1.29, 1.82) is 0 Å². The smallest absolute Gasteiger partial charge is 0.220 e. The van der Waals surface area contributed by atoms with Gasteiger partial charge in [-0.15, -0.1) is 0 Å². The van der Waals surface area contributed by atoms with Gasteiger partial charge in [0.2, 0.25) is 5.91 Å². The lowest BCUT2D eigenvalue weighted by Gasteiger charge is -2.13. The Kier molecular flexibility index (Phi) is 6.03. The molecule has 0 bridgehead atoms. The second kappa shape index (κ2) is 7.53. The highest BCUT2D eigenvalue weighted by Gasteiger charge is 2.05. The molecular formula is C15H20NO4-. The van der Waals surface area contributed by atoms with Crippen molar-refractivity contribution in [1.82, 2.24) is 5.32 Å². The van der Waals surface area contributed by atoms with Gasteiger partial charge in [-0.2, -0.15) is 0 Å². The molecule has 0 heterocycles. The van der Waals surface area contributed by atoms with Crippen LogP contribution in [0.4, 0.5) is 0 Å². The van der Waals surface area contributed by atoms with Crippen LogP contribution in [0.2, 0.25) is 0 Å². The van der Waals surface area contributed by atoms with Crippen LogP contribution in [-0.4, -0.2) is 25.0 Å². The summed E-state index contributed by atoms with van der Waals surface area (Å²) in [6.45, 7) is 6.71. The van der Waals surface area contributed by atoms with Crippen molar-refractivity contribution in [2.75, 3.05) is 13.2 Å². The fraction of sp³-hybridized carbons (Fsp3) is 0.467. The summed E-state index contributed by atoms with van der Waals surface area (Å²) in [4.78, 5) is 21.5. The lowest BCUT2D eigenvalue weighted by Crippen LogP contribution is -2.30. The first kappa shape index (κ1) is 16.0. The third-order valence-corrected chi connectivity index (χ3v) is 3.00. The molecule has 110 valence electrons. The predicted octanol–water partition coefficient (Wildman–Crippen LogP) is 0.637. The molecule has 0 fully saturated rings. The molecule has 0 aliphatic rings. The molecule has 5 heteroatoms. The van der Waals surface area contributed by atoms with Crippen LogP contribution in [0.5, 0.6) is 5.75 Å². The standard InChI is InChI=1S/C15H21NO4/c1-10-8-11(2)12(3)13(9-10)20-7-6-16-14(17)4-5-15(18)19/h8-9H,4-7H2,1-3H3,(H,16,17)(H,18,19)/p-1. The first-order valence-electron chi connectivity index (χ1n) is 6.57. The first-order chi connectivity index (χ1) is 9.40. The van der Waals surface area contributed by atoms with E-state index in [-0.39, 0.29) is 18.7 Å². The molecule has 20 heavy (non-hydrogen) atoms. The van der Waals surface area contributed by atoms with E-state index in [9.17, 15) is 14.7 Å². The number of hydrogen-bond acceptors (Lipinski definition) is 4.